The van der Waals surface area contributed by atoms with Crippen molar-refractivity contribution in [2.24, 2.45) is 0 Å². The summed E-state index contributed by atoms with van der Waals surface area (Å²) in [5.74, 6) is 0.795. The van der Waals surface area contributed by atoms with Gasteiger partial charge in [-0.15, -0.1) is 0 Å². The minimum Gasteiger partial charge on any atom is -0.486 e. The van der Waals surface area contributed by atoms with Crippen molar-refractivity contribution in [2.45, 2.75) is 6.61 Å². The fraction of sp³-hybridized carbons (Fsp3) is 0.154. The third kappa shape index (κ3) is 3.20. The van der Waals surface area contributed by atoms with E-state index >= 15 is 0 Å². The Balaban J connectivity index is 2.06. The Morgan fingerprint density at radius 1 is 1.28 bits per heavy atom. The summed E-state index contributed by atoms with van der Waals surface area (Å²) in [5.41, 5.74) is 0.741. The first-order chi connectivity index (χ1) is 8.69. The highest BCUT2D eigenvalue weighted by atomic mass is 79.9. The van der Waals surface area contributed by atoms with Gasteiger partial charge in [-0.05, 0) is 40.2 Å². The van der Waals surface area contributed by atoms with Gasteiger partial charge in [-0.2, -0.15) is 0 Å². The molecule has 2 aromatic rings. The molecule has 18 heavy (non-hydrogen) atoms. The van der Waals surface area contributed by atoms with Crippen LogP contribution in [-0.2, 0) is 6.61 Å². The molecule has 1 heterocycles. The van der Waals surface area contributed by atoms with Crippen molar-refractivity contribution in [1.82, 2.24) is 4.98 Å². The molecule has 0 unspecified atom stereocenters. The standard InChI is InChI=1S/C13H11BrFNO2/c1-17-13-4-2-3-10(16-13)8-18-12-6-5-9(15)7-11(12)14/h2-7H,8H2,1H3. The summed E-state index contributed by atoms with van der Waals surface area (Å²) in [4.78, 5) is 4.22. The highest BCUT2D eigenvalue weighted by molar-refractivity contribution is 9.10. The fourth-order valence-electron chi connectivity index (χ4n) is 1.40. The third-order valence-electron chi connectivity index (χ3n) is 2.26. The molecule has 0 radical (unpaired) electrons. The van der Waals surface area contributed by atoms with Crippen molar-refractivity contribution in [1.29, 1.82) is 0 Å². The summed E-state index contributed by atoms with van der Waals surface area (Å²) in [6.07, 6.45) is 0. The molecule has 0 aliphatic carbocycles. The van der Waals surface area contributed by atoms with Crippen molar-refractivity contribution in [3.63, 3.8) is 0 Å². The van der Waals surface area contributed by atoms with Gasteiger partial charge in [0.15, 0.2) is 0 Å². The lowest BCUT2D eigenvalue weighted by Gasteiger charge is -2.08. The lowest BCUT2D eigenvalue weighted by atomic mass is 10.3. The molecule has 0 N–H and O–H groups in total. The average Bonchev–Trinajstić information content (AvgIpc) is 2.38. The number of pyridine rings is 1. The van der Waals surface area contributed by atoms with E-state index in [9.17, 15) is 4.39 Å². The zero-order chi connectivity index (χ0) is 13.0. The molecule has 0 fully saturated rings. The smallest absolute Gasteiger partial charge is 0.213 e. The first kappa shape index (κ1) is 12.8. The van der Waals surface area contributed by atoms with E-state index in [-0.39, 0.29) is 5.82 Å². The zero-order valence-electron chi connectivity index (χ0n) is 9.69. The Morgan fingerprint density at radius 2 is 2.11 bits per heavy atom. The highest BCUT2D eigenvalue weighted by Gasteiger charge is 2.04. The maximum atomic E-state index is 12.9. The number of aromatic nitrogens is 1. The van der Waals surface area contributed by atoms with E-state index in [0.717, 1.165) is 5.69 Å². The lowest BCUT2D eigenvalue weighted by molar-refractivity contribution is 0.296. The molecule has 0 bridgehead atoms. The first-order valence-corrected chi connectivity index (χ1v) is 6.06. The first-order valence-electron chi connectivity index (χ1n) is 5.27. The Labute approximate surface area is 113 Å². The number of hydrogen-bond acceptors (Lipinski definition) is 3. The van der Waals surface area contributed by atoms with Crippen molar-refractivity contribution < 1.29 is 13.9 Å². The van der Waals surface area contributed by atoms with Gasteiger partial charge in [0.25, 0.3) is 0 Å². The van der Waals surface area contributed by atoms with Crippen LogP contribution in [0.15, 0.2) is 40.9 Å². The fourth-order valence-corrected chi connectivity index (χ4v) is 1.86. The Kier molecular flexibility index (Phi) is 4.15. The molecule has 3 nitrogen and oxygen atoms in total. The van der Waals surface area contributed by atoms with Gasteiger partial charge in [-0.25, -0.2) is 9.37 Å². The number of nitrogens with zero attached hydrogens (tertiary/aromatic N) is 1. The molecule has 5 heteroatoms. The summed E-state index contributed by atoms with van der Waals surface area (Å²) >= 11 is 3.24. The van der Waals surface area contributed by atoms with E-state index < -0.39 is 0 Å². The van der Waals surface area contributed by atoms with Crippen LogP contribution in [0.4, 0.5) is 4.39 Å². The van der Waals surface area contributed by atoms with Crippen molar-refractivity contribution in [2.75, 3.05) is 7.11 Å². The largest absolute Gasteiger partial charge is 0.486 e. The van der Waals surface area contributed by atoms with Crippen LogP contribution in [0, 0.1) is 5.82 Å². The number of methoxy groups -OCH3 is 1. The monoisotopic (exact) mass is 311 g/mol. The maximum Gasteiger partial charge on any atom is 0.213 e. The number of rotatable bonds is 4. The Morgan fingerprint density at radius 3 is 2.83 bits per heavy atom. The minimum absolute atomic E-state index is 0.293. The van der Waals surface area contributed by atoms with Crippen LogP contribution in [-0.4, -0.2) is 12.1 Å². The van der Waals surface area contributed by atoms with E-state index in [2.05, 4.69) is 20.9 Å². The molecule has 0 atom stereocenters. The zero-order valence-corrected chi connectivity index (χ0v) is 11.3. The van der Waals surface area contributed by atoms with E-state index in [0.29, 0.717) is 22.7 Å². The second-order valence-electron chi connectivity index (χ2n) is 3.53. The van der Waals surface area contributed by atoms with Crippen LogP contribution in [0.2, 0.25) is 0 Å². The summed E-state index contributed by atoms with van der Waals surface area (Å²) in [5, 5.41) is 0. The number of ether oxygens (including phenoxy) is 2. The Bertz CT molecular complexity index is 548. The maximum absolute atomic E-state index is 12.9. The molecule has 0 spiro atoms. The number of hydrogen-bond donors (Lipinski definition) is 0. The minimum atomic E-state index is -0.311. The molecule has 94 valence electrons. The van der Waals surface area contributed by atoms with Gasteiger partial charge in [0.1, 0.15) is 18.2 Å². The van der Waals surface area contributed by atoms with Gasteiger partial charge in [-0.1, -0.05) is 6.07 Å². The van der Waals surface area contributed by atoms with Crippen LogP contribution in [0.25, 0.3) is 0 Å². The second-order valence-corrected chi connectivity index (χ2v) is 4.39. The number of benzene rings is 1. The summed E-state index contributed by atoms with van der Waals surface area (Å²) < 4.78 is 24.0. The molecule has 1 aromatic carbocycles. The van der Waals surface area contributed by atoms with Crippen LogP contribution < -0.4 is 9.47 Å². The second kappa shape index (κ2) is 5.82. The Hall–Kier alpha value is -1.62. The van der Waals surface area contributed by atoms with Gasteiger partial charge >= 0.3 is 0 Å². The quantitative estimate of drug-likeness (QED) is 0.865. The van der Waals surface area contributed by atoms with Crippen LogP contribution in [0.5, 0.6) is 11.6 Å². The molecule has 0 saturated heterocycles. The molecule has 0 aliphatic rings. The summed E-state index contributed by atoms with van der Waals surface area (Å²) in [6.45, 7) is 0.293. The lowest BCUT2D eigenvalue weighted by Crippen LogP contribution is -2.00. The molecule has 1 aromatic heterocycles. The molecule has 0 saturated carbocycles. The normalized spacial score (nSPS) is 10.2. The molecular weight excluding hydrogens is 301 g/mol. The average molecular weight is 312 g/mol. The van der Waals surface area contributed by atoms with Crippen LogP contribution >= 0.6 is 15.9 Å². The number of halogens is 2. The van der Waals surface area contributed by atoms with Crippen LogP contribution in [0.3, 0.4) is 0 Å². The van der Waals surface area contributed by atoms with E-state index in [1.54, 1.807) is 19.2 Å². The molecule has 2 rings (SSSR count). The summed E-state index contributed by atoms with van der Waals surface area (Å²) in [7, 11) is 1.56. The van der Waals surface area contributed by atoms with Crippen molar-refractivity contribution in [3.8, 4) is 11.6 Å². The SMILES string of the molecule is COc1cccc(COc2ccc(F)cc2Br)n1. The topological polar surface area (TPSA) is 31.4 Å². The molecule has 0 aliphatic heterocycles. The van der Waals surface area contributed by atoms with Crippen molar-refractivity contribution in [3.05, 3.63) is 52.4 Å². The highest BCUT2D eigenvalue weighted by Crippen LogP contribution is 2.26. The van der Waals surface area contributed by atoms with E-state index in [1.807, 2.05) is 12.1 Å². The molecular formula is C13H11BrFNO2. The van der Waals surface area contributed by atoms with E-state index in [4.69, 9.17) is 9.47 Å². The van der Waals surface area contributed by atoms with Gasteiger partial charge in [0.05, 0.1) is 17.3 Å². The van der Waals surface area contributed by atoms with Gasteiger partial charge in [-0.3, -0.25) is 0 Å². The van der Waals surface area contributed by atoms with Crippen LogP contribution in [0.1, 0.15) is 5.69 Å². The van der Waals surface area contributed by atoms with Gasteiger partial charge < -0.3 is 9.47 Å². The predicted octanol–water partition coefficient (Wildman–Crippen LogP) is 3.57. The van der Waals surface area contributed by atoms with Gasteiger partial charge in [0.2, 0.25) is 5.88 Å². The summed E-state index contributed by atoms with van der Waals surface area (Å²) in [6, 6.07) is 9.70. The van der Waals surface area contributed by atoms with Crippen molar-refractivity contribution >= 4 is 15.9 Å². The third-order valence-corrected chi connectivity index (χ3v) is 2.88. The molecule has 0 amide bonds. The predicted molar refractivity (Wildman–Crippen MR) is 69.2 cm³/mol. The van der Waals surface area contributed by atoms with E-state index in [1.165, 1.54) is 12.1 Å². The van der Waals surface area contributed by atoms with Gasteiger partial charge in [0, 0.05) is 6.07 Å².